The summed E-state index contributed by atoms with van der Waals surface area (Å²) in [5, 5.41) is 3.69. The Morgan fingerprint density at radius 3 is 2.08 bits per heavy atom. The van der Waals surface area contributed by atoms with E-state index in [1.807, 2.05) is 19.9 Å². The van der Waals surface area contributed by atoms with Crippen LogP contribution in [0.3, 0.4) is 0 Å². The Labute approximate surface area is 244 Å². The number of pyridine rings is 1. The van der Waals surface area contributed by atoms with E-state index < -0.39 is 5.79 Å². The highest BCUT2D eigenvalue weighted by Gasteiger charge is 2.26. The second-order valence-electron chi connectivity index (χ2n) is 11.2. The van der Waals surface area contributed by atoms with Crippen molar-refractivity contribution in [2.45, 2.75) is 110 Å². The molecular weight excluding hydrogens is 496 g/mol. The second kappa shape index (κ2) is 19.1. The lowest BCUT2D eigenvalue weighted by Crippen LogP contribution is -2.35. The minimum absolute atomic E-state index is 0.0619. The molecule has 5 nitrogen and oxygen atoms in total. The SMILES string of the molecule is CCOC(C)(CCCCCCCCCCCCNCC1=Cc2ccccc2C1OCC[n+]1ccccc1)OCC. The number of rotatable bonds is 23. The van der Waals surface area contributed by atoms with Gasteiger partial charge in [0.2, 0.25) is 0 Å². The van der Waals surface area contributed by atoms with E-state index in [2.05, 4.69) is 71.7 Å². The third-order valence-electron chi connectivity index (χ3n) is 7.83. The fourth-order valence-electron chi connectivity index (χ4n) is 5.70. The Kier molecular flexibility index (Phi) is 15.5. The molecule has 1 unspecified atom stereocenters. The lowest BCUT2D eigenvalue weighted by molar-refractivity contribution is -0.698. The topological polar surface area (TPSA) is 43.6 Å². The van der Waals surface area contributed by atoms with Crippen LogP contribution in [0.2, 0.25) is 0 Å². The monoisotopic (exact) mass is 551 g/mol. The molecular formula is C35H55N2O3+. The standard InChI is InChI=1S/C35H55N2O3/c1-4-39-35(3,40-5-2)23-17-12-10-8-6-7-9-11-13-18-24-36-30-32-29-31-21-15-16-22-33(31)34(32)38-28-27-37-25-19-14-20-26-37/h14-16,19-22,25-26,29,34,36H,4-13,17-18,23-24,27-28,30H2,1-3H3/q+1. The molecule has 0 saturated carbocycles. The molecule has 1 aromatic carbocycles. The Bertz CT molecular complexity index is 956. The molecule has 0 fully saturated rings. The molecule has 2 aromatic rings. The van der Waals surface area contributed by atoms with E-state index in [1.165, 1.54) is 80.9 Å². The van der Waals surface area contributed by atoms with E-state index in [0.29, 0.717) is 19.8 Å². The average Bonchev–Trinajstić information content (AvgIpc) is 3.31. The maximum absolute atomic E-state index is 6.40. The highest BCUT2D eigenvalue weighted by molar-refractivity contribution is 5.65. The molecule has 0 saturated heterocycles. The van der Waals surface area contributed by atoms with Gasteiger partial charge in [0, 0.05) is 38.3 Å². The number of fused-ring (bicyclic) bond motifs is 1. The molecule has 0 amide bonds. The maximum Gasteiger partial charge on any atom is 0.171 e. The van der Waals surface area contributed by atoms with E-state index in [-0.39, 0.29) is 6.10 Å². The van der Waals surface area contributed by atoms with Crippen molar-refractivity contribution in [2.24, 2.45) is 0 Å². The molecule has 3 rings (SSSR count). The summed E-state index contributed by atoms with van der Waals surface area (Å²) < 4.78 is 20.2. The zero-order valence-corrected chi connectivity index (χ0v) is 25.5. The number of hydrogen-bond donors (Lipinski definition) is 1. The number of benzene rings is 1. The van der Waals surface area contributed by atoms with Crippen LogP contribution in [0.1, 0.15) is 109 Å². The maximum atomic E-state index is 6.40. The zero-order valence-electron chi connectivity index (χ0n) is 25.5. The summed E-state index contributed by atoms with van der Waals surface area (Å²) in [5.74, 6) is -0.394. The van der Waals surface area contributed by atoms with Gasteiger partial charge in [-0.3, -0.25) is 0 Å². The number of aromatic nitrogens is 1. The van der Waals surface area contributed by atoms with Gasteiger partial charge in [0.15, 0.2) is 24.7 Å². The van der Waals surface area contributed by atoms with E-state index in [9.17, 15) is 0 Å². The van der Waals surface area contributed by atoms with E-state index in [0.717, 1.165) is 26.1 Å². The fraction of sp³-hybridized carbons (Fsp3) is 0.629. The van der Waals surface area contributed by atoms with E-state index in [1.54, 1.807) is 0 Å². The van der Waals surface area contributed by atoms with Crippen LogP contribution in [-0.4, -0.2) is 38.7 Å². The van der Waals surface area contributed by atoms with Crippen molar-refractivity contribution in [2.75, 3.05) is 32.9 Å². The number of nitrogens with zero attached hydrogens (tertiary/aromatic N) is 1. The van der Waals surface area contributed by atoms with Crippen LogP contribution in [0, 0.1) is 0 Å². The summed E-state index contributed by atoms with van der Waals surface area (Å²) in [6.45, 7) is 11.1. The number of ether oxygens (including phenoxy) is 3. The normalized spacial score (nSPS) is 14.9. The summed E-state index contributed by atoms with van der Waals surface area (Å²) in [5.41, 5.74) is 3.94. The first-order valence-corrected chi connectivity index (χ1v) is 16.0. The van der Waals surface area contributed by atoms with Crippen molar-refractivity contribution >= 4 is 6.08 Å². The molecule has 1 N–H and O–H groups in total. The van der Waals surface area contributed by atoms with Crippen LogP contribution in [-0.2, 0) is 20.8 Å². The van der Waals surface area contributed by atoms with Crippen molar-refractivity contribution in [3.8, 4) is 0 Å². The molecule has 1 aromatic heterocycles. The summed E-state index contributed by atoms with van der Waals surface area (Å²) >= 11 is 0. The third-order valence-corrected chi connectivity index (χ3v) is 7.83. The molecule has 222 valence electrons. The number of hydrogen-bond acceptors (Lipinski definition) is 4. The van der Waals surface area contributed by atoms with E-state index >= 15 is 0 Å². The van der Waals surface area contributed by atoms with Crippen LogP contribution < -0.4 is 9.88 Å². The van der Waals surface area contributed by atoms with Crippen LogP contribution in [0.5, 0.6) is 0 Å². The van der Waals surface area contributed by atoms with Crippen molar-refractivity contribution in [1.29, 1.82) is 0 Å². The Morgan fingerprint density at radius 1 is 0.775 bits per heavy atom. The first kappa shape index (κ1) is 32.5. The van der Waals surface area contributed by atoms with Gasteiger partial charge >= 0.3 is 0 Å². The summed E-state index contributed by atoms with van der Waals surface area (Å²) in [6, 6.07) is 14.8. The van der Waals surface area contributed by atoms with Crippen LogP contribution in [0.25, 0.3) is 6.08 Å². The van der Waals surface area contributed by atoms with Gasteiger partial charge < -0.3 is 19.5 Å². The third kappa shape index (κ3) is 11.8. The molecule has 0 bridgehead atoms. The van der Waals surface area contributed by atoms with Gasteiger partial charge in [-0.2, -0.15) is 0 Å². The molecule has 1 aliphatic rings. The van der Waals surface area contributed by atoms with Crippen molar-refractivity contribution < 1.29 is 18.8 Å². The summed E-state index contributed by atoms with van der Waals surface area (Å²) in [7, 11) is 0. The van der Waals surface area contributed by atoms with Crippen molar-refractivity contribution in [3.63, 3.8) is 0 Å². The molecule has 1 heterocycles. The van der Waals surface area contributed by atoms with Gasteiger partial charge in [0.25, 0.3) is 0 Å². The van der Waals surface area contributed by atoms with Gasteiger partial charge in [-0.05, 0) is 56.9 Å². The van der Waals surface area contributed by atoms with Crippen LogP contribution >= 0.6 is 0 Å². The van der Waals surface area contributed by atoms with Crippen molar-refractivity contribution in [1.82, 2.24) is 5.32 Å². The fourth-order valence-corrected chi connectivity index (χ4v) is 5.70. The van der Waals surface area contributed by atoms with E-state index in [4.69, 9.17) is 14.2 Å². The molecule has 1 atom stereocenters. The largest absolute Gasteiger partial charge is 0.362 e. The lowest BCUT2D eigenvalue weighted by Gasteiger charge is -2.29. The Balaban J connectivity index is 1.20. The second-order valence-corrected chi connectivity index (χ2v) is 11.2. The van der Waals surface area contributed by atoms with Crippen molar-refractivity contribution in [3.05, 3.63) is 71.6 Å². The summed E-state index contributed by atoms with van der Waals surface area (Å²) in [4.78, 5) is 0. The zero-order chi connectivity index (χ0) is 28.3. The predicted octanol–water partition coefficient (Wildman–Crippen LogP) is 7.80. The van der Waals surface area contributed by atoms with Crippen LogP contribution in [0.15, 0.2) is 60.4 Å². The van der Waals surface area contributed by atoms with Gasteiger partial charge in [-0.15, -0.1) is 0 Å². The molecule has 5 heteroatoms. The number of unbranched alkanes of at least 4 members (excludes halogenated alkanes) is 9. The Hall–Kier alpha value is -2.05. The minimum atomic E-state index is -0.394. The minimum Gasteiger partial charge on any atom is -0.362 e. The lowest BCUT2D eigenvalue weighted by atomic mass is 10.0. The van der Waals surface area contributed by atoms with Gasteiger partial charge in [0.05, 0.1) is 0 Å². The molecule has 0 aliphatic heterocycles. The Morgan fingerprint density at radius 2 is 1.40 bits per heavy atom. The highest BCUT2D eigenvalue weighted by atomic mass is 16.7. The quantitative estimate of drug-likeness (QED) is 0.0869. The van der Waals surface area contributed by atoms with Gasteiger partial charge in [-0.1, -0.05) is 87.8 Å². The molecule has 1 aliphatic carbocycles. The molecule has 0 spiro atoms. The highest BCUT2D eigenvalue weighted by Crippen LogP contribution is 2.36. The number of nitrogens with one attached hydrogen (secondary N) is 1. The van der Waals surface area contributed by atoms with Crippen LogP contribution in [0.4, 0.5) is 0 Å². The smallest absolute Gasteiger partial charge is 0.171 e. The molecule has 0 radical (unpaired) electrons. The first-order chi connectivity index (χ1) is 19.6. The molecule has 40 heavy (non-hydrogen) atoms. The summed E-state index contributed by atoms with van der Waals surface area (Å²) in [6.07, 6.45) is 20.7. The average molecular weight is 552 g/mol. The van der Waals surface area contributed by atoms with Gasteiger partial charge in [0.1, 0.15) is 12.7 Å². The predicted molar refractivity (Wildman–Crippen MR) is 165 cm³/mol. The first-order valence-electron chi connectivity index (χ1n) is 16.0. The van der Waals surface area contributed by atoms with Gasteiger partial charge in [-0.25, -0.2) is 4.57 Å².